The number of likely N-dealkylation sites (N-methyl/N-ethyl adjacent to an activating group) is 1. The minimum Gasteiger partial charge on any atom is -0.337 e. The van der Waals surface area contributed by atoms with Crippen LogP contribution in [0, 0.1) is 6.92 Å². The zero-order valence-corrected chi connectivity index (χ0v) is 17.3. The van der Waals surface area contributed by atoms with E-state index in [0.717, 1.165) is 11.1 Å². The Morgan fingerprint density at radius 2 is 1.96 bits per heavy atom. The molecule has 0 radical (unpaired) electrons. The summed E-state index contributed by atoms with van der Waals surface area (Å²) >= 11 is 0. The Labute approximate surface area is 165 Å². The van der Waals surface area contributed by atoms with Crippen LogP contribution in [-0.2, 0) is 27.8 Å². The second kappa shape index (κ2) is 8.40. The molecule has 1 aromatic carbocycles. The molecule has 0 atom stereocenters. The highest BCUT2D eigenvalue weighted by atomic mass is 32.2. The molecule has 3 rings (SSSR count). The SMILES string of the molecule is Cc1ccccc1CC(=O)N(C)Cc1nc(C2CCN(S(C)(=O)=O)CC2)no1. The quantitative estimate of drug-likeness (QED) is 0.725. The number of aryl methyl sites for hydroxylation is 1. The highest BCUT2D eigenvalue weighted by Crippen LogP contribution is 2.27. The summed E-state index contributed by atoms with van der Waals surface area (Å²) in [5, 5.41) is 4.05. The van der Waals surface area contributed by atoms with Crippen molar-refractivity contribution in [2.24, 2.45) is 0 Å². The van der Waals surface area contributed by atoms with E-state index in [-0.39, 0.29) is 18.4 Å². The van der Waals surface area contributed by atoms with Crippen molar-refractivity contribution >= 4 is 15.9 Å². The third kappa shape index (κ3) is 4.96. The molecular formula is C19H26N4O4S. The number of benzene rings is 1. The minimum atomic E-state index is -3.16. The van der Waals surface area contributed by atoms with Gasteiger partial charge in [-0.3, -0.25) is 4.79 Å². The van der Waals surface area contributed by atoms with Gasteiger partial charge in [0.15, 0.2) is 5.82 Å². The number of piperidine rings is 1. The predicted molar refractivity (Wildman–Crippen MR) is 104 cm³/mol. The lowest BCUT2D eigenvalue weighted by Crippen LogP contribution is -2.37. The molecule has 1 fully saturated rings. The molecule has 2 heterocycles. The molecule has 0 aliphatic carbocycles. The number of nitrogens with zero attached hydrogens (tertiary/aromatic N) is 4. The molecule has 1 aliphatic heterocycles. The van der Waals surface area contributed by atoms with Gasteiger partial charge in [0.25, 0.3) is 0 Å². The average molecular weight is 407 g/mol. The summed E-state index contributed by atoms with van der Waals surface area (Å²) in [5.74, 6) is 1.03. The fourth-order valence-corrected chi connectivity index (χ4v) is 4.22. The van der Waals surface area contributed by atoms with Crippen molar-refractivity contribution < 1.29 is 17.7 Å². The topological polar surface area (TPSA) is 96.6 Å². The molecule has 28 heavy (non-hydrogen) atoms. The van der Waals surface area contributed by atoms with E-state index in [0.29, 0.717) is 44.1 Å². The third-order valence-electron chi connectivity index (χ3n) is 5.17. The molecule has 2 aromatic rings. The smallest absolute Gasteiger partial charge is 0.246 e. The summed E-state index contributed by atoms with van der Waals surface area (Å²) in [6.45, 7) is 3.16. The Hall–Kier alpha value is -2.26. The summed E-state index contributed by atoms with van der Waals surface area (Å²) in [6, 6.07) is 7.82. The van der Waals surface area contributed by atoms with Gasteiger partial charge in [-0.25, -0.2) is 12.7 Å². The maximum Gasteiger partial charge on any atom is 0.246 e. The number of aromatic nitrogens is 2. The number of carbonyl (C=O) groups excluding carboxylic acids is 1. The van der Waals surface area contributed by atoms with Crippen LogP contribution in [0.3, 0.4) is 0 Å². The molecule has 8 nitrogen and oxygen atoms in total. The van der Waals surface area contributed by atoms with Gasteiger partial charge in [-0.1, -0.05) is 29.4 Å². The molecule has 1 aliphatic rings. The van der Waals surface area contributed by atoms with Crippen LogP contribution >= 0.6 is 0 Å². The first-order chi connectivity index (χ1) is 13.2. The fraction of sp³-hybridized carbons (Fsp3) is 0.526. The molecule has 0 unspecified atom stereocenters. The monoisotopic (exact) mass is 406 g/mol. The van der Waals surface area contributed by atoms with Crippen LogP contribution in [0.5, 0.6) is 0 Å². The molecule has 0 bridgehead atoms. The zero-order valence-electron chi connectivity index (χ0n) is 16.5. The Morgan fingerprint density at radius 3 is 2.61 bits per heavy atom. The van der Waals surface area contributed by atoms with Gasteiger partial charge in [-0.2, -0.15) is 4.98 Å². The van der Waals surface area contributed by atoms with Gasteiger partial charge in [0.2, 0.25) is 21.8 Å². The van der Waals surface area contributed by atoms with Crippen molar-refractivity contribution in [3.05, 3.63) is 47.1 Å². The molecule has 1 saturated heterocycles. The molecule has 9 heteroatoms. The number of hydrogen-bond acceptors (Lipinski definition) is 6. The third-order valence-corrected chi connectivity index (χ3v) is 6.48. The summed E-state index contributed by atoms with van der Waals surface area (Å²) in [4.78, 5) is 18.5. The first kappa shape index (κ1) is 20.5. The normalized spacial score (nSPS) is 16.2. The van der Waals surface area contributed by atoms with Crippen LogP contribution in [0.1, 0.15) is 41.6 Å². The molecular weight excluding hydrogens is 380 g/mol. The Bertz CT molecular complexity index is 933. The van der Waals surface area contributed by atoms with Crippen LogP contribution in [0.25, 0.3) is 0 Å². The van der Waals surface area contributed by atoms with Crippen molar-refractivity contribution in [2.45, 2.75) is 38.6 Å². The van der Waals surface area contributed by atoms with Crippen LogP contribution in [0.2, 0.25) is 0 Å². The van der Waals surface area contributed by atoms with E-state index in [1.165, 1.54) is 10.6 Å². The minimum absolute atomic E-state index is 0.0180. The van der Waals surface area contributed by atoms with Gasteiger partial charge in [0, 0.05) is 26.1 Å². The van der Waals surface area contributed by atoms with E-state index in [1.54, 1.807) is 11.9 Å². The van der Waals surface area contributed by atoms with Gasteiger partial charge < -0.3 is 9.42 Å². The lowest BCUT2D eigenvalue weighted by atomic mass is 9.98. The Kier molecular flexibility index (Phi) is 6.14. The van der Waals surface area contributed by atoms with Crippen molar-refractivity contribution in [3.8, 4) is 0 Å². The Morgan fingerprint density at radius 1 is 1.29 bits per heavy atom. The number of sulfonamides is 1. The molecule has 1 amide bonds. The first-order valence-electron chi connectivity index (χ1n) is 9.30. The first-order valence-corrected chi connectivity index (χ1v) is 11.1. The van der Waals surface area contributed by atoms with Gasteiger partial charge in [0.05, 0.1) is 19.2 Å². The van der Waals surface area contributed by atoms with Gasteiger partial charge in [-0.15, -0.1) is 0 Å². The zero-order chi connectivity index (χ0) is 20.3. The lowest BCUT2D eigenvalue weighted by Gasteiger charge is -2.28. The van der Waals surface area contributed by atoms with E-state index < -0.39 is 10.0 Å². The van der Waals surface area contributed by atoms with E-state index in [9.17, 15) is 13.2 Å². The average Bonchev–Trinajstić information content (AvgIpc) is 3.11. The maximum absolute atomic E-state index is 12.5. The Balaban J connectivity index is 1.56. The highest BCUT2D eigenvalue weighted by molar-refractivity contribution is 7.88. The van der Waals surface area contributed by atoms with E-state index in [1.807, 2.05) is 31.2 Å². The second-order valence-corrected chi connectivity index (χ2v) is 9.32. The van der Waals surface area contributed by atoms with Crippen molar-refractivity contribution in [1.29, 1.82) is 0 Å². The number of carbonyl (C=O) groups is 1. The van der Waals surface area contributed by atoms with Crippen LogP contribution < -0.4 is 0 Å². The lowest BCUT2D eigenvalue weighted by molar-refractivity contribution is -0.130. The van der Waals surface area contributed by atoms with Crippen molar-refractivity contribution in [2.75, 3.05) is 26.4 Å². The van der Waals surface area contributed by atoms with Crippen molar-refractivity contribution in [3.63, 3.8) is 0 Å². The molecule has 152 valence electrons. The van der Waals surface area contributed by atoms with E-state index in [4.69, 9.17) is 4.52 Å². The molecule has 0 spiro atoms. The summed E-state index contributed by atoms with van der Waals surface area (Å²) in [6.07, 6.45) is 2.87. The summed E-state index contributed by atoms with van der Waals surface area (Å²) in [5.41, 5.74) is 2.09. The molecule has 0 N–H and O–H groups in total. The van der Waals surface area contributed by atoms with Crippen molar-refractivity contribution in [1.82, 2.24) is 19.3 Å². The number of rotatable bonds is 6. The van der Waals surface area contributed by atoms with Gasteiger partial charge >= 0.3 is 0 Å². The largest absolute Gasteiger partial charge is 0.337 e. The van der Waals surface area contributed by atoms with Crippen LogP contribution in [0.15, 0.2) is 28.8 Å². The summed E-state index contributed by atoms with van der Waals surface area (Å²) in [7, 11) is -1.44. The van der Waals surface area contributed by atoms with E-state index >= 15 is 0 Å². The second-order valence-electron chi connectivity index (χ2n) is 7.34. The van der Waals surface area contributed by atoms with Gasteiger partial charge in [0.1, 0.15) is 0 Å². The fourth-order valence-electron chi connectivity index (χ4n) is 3.34. The van der Waals surface area contributed by atoms with Gasteiger partial charge in [-0.05, 0) is 30.9 Å². The predicted octanol–water partition coefficient (Wildman–Crippen LogP) is 1.72. The van der Waals surface area contributed by atoms with Crippen LogP contribution in [-0.4, -0.2) is 60.1 Å². The molecule has 1 aromatic heterocycles. The summed E-state index contributed by atoms with van der Waals surface area (Å²) < 4.78 is 30.0. The number of hydrogen-bond donors (Lipinski definition) is 0. The number of amides is 1. The maximum atomic E-state index is 12.5. The standard InChI is InChI=1S/C19H26N4O4S/c1-14-6-4-5-7-16(14)12-18(24)22(2)13-17-20-19(21-27-17)15-8-10-23(11-9-15)28(3,25)26/h4-7,15H,8-13H2,1-3H3. The molecule has 0 saturated carbocycles. The van der Waals surface area contributed by atoms with E-state index in [2.05, 4.69) is 10.1 Å². The van der Waals surface area contributed by atoms with Crippen LogP contribution in [0.4, 0.5) is 0 Å². The highest BCUT2D eigenvalue weighted by Gasteiger charge is 2.28.